The molecule has 0 saturated carbocycles. The number of Topliss-reactive ketones (excluding diaryl/α,β-unsaturated/α-hetero) is 1. The molecular formula is C10H9BrO2. The van der Waals surface area contributed by atoms with Crippen LogP contribution in [0.15, 0.2) is 22.7 Å². The average molecular weight is 241 g/mol. The lowest BCUT2D eigenvalue weighted by molar-refractivity contribution is 0.0436. The van der Waals surface area contributed by atoms with Crippen LogP contribution in [0.25, 0.3) is 0 Å². The summed E-state index contributed by atoms with van der Waals surface area (Å²) < 4.78 is 6.28. The first kappa shape index (κ1) is 8.91. The largest absolute Gasteiger partial charge is 0.366 e. The van der Waals surface area contributed by atoms with Crippen LogP contribution in [0.4, 0.5) is 0 Å². The lowest BCUT2D eigenvalue weighted by Crippen LogP contribution is -2.20. The Morgan fingerprint density at radius 1 is 1.54 bits per heavy atom. The normalized spacial score (nSPS) is 21.4. The monoisotopic (exact) mass is 240 g/mol. The van der Waals surface area contributed by atoms with Crippen molar-refractivity contribution in [3.63, 3.8) is 0 Å². The molecule has 0 fully saturated rings. The predicted octanol–water partition coefficient (Wildman–Crippen LogP) is 2.72. The highest BCUT2D eigenvalue weighted by molar-refractivity contribution is 9.10. The number of hydrogen-bond donors (Lipinski definition) is 0. The molecule has 0 bridgehead atoms. The maximum atomic E-state index is 11.4. The van der Waals surface area contributed by atoms with Crippen molar-refractivity contribution in [2.75, 3.05) is 6.61 Å². The lowest BCUT2D eigenvalue weighted by atomic mass is 9.98. The topological polar surface area (TPSA) is 26.3 Å². The van der Waals surface area contributed by atoms with E-state index in [0.717, 1.165) is 15.6 Å². The summed E-state index contributed by atoms with van der Waals surface area (Å²) >= 11 is 3.37. The highest BCUT2D eigenvalue weighted by atomic mass is 79.9. The zero-order valence-electron chi connectivity index (χ0n) is 7.21. The molecule has 1 heterocycles. The van der Waals surface area contributed by atoms with Gasteiger partial charge < -0.3 is 4.74 Å². The third-order valence-corrected chi connectivity index (χ3v) is 2.71. The maximum absolute atomic E-state index is 11.4. The second-order valence-electron chi connectivity index (χ2n) is 3.11. The standard InChI is InChI=1S/C10H9BrO2/c1-6-9-4-7(11)2-3-8(9)10(12)5-13-6/h2-4,6H,5H2,1H3. The number of hydrogen-bond acceptors (Lipinski definition) is 2. The van der Waals surface area contributed by atoms with Crippen molar-refractivity contribution in [1.29, 1.82) is 0 Å². The van der Waals surface area contributed by atoms with E-state index in [9.17, 15) is 4.79 Å². The van der Waals surface area contributed by atoms with Crippen molar-refractivity contribution in [2.24, 2.45) is 0 Å². The zero-order valence-corrected chi connectivity index (χ0v) is 8.80. The van der Waals surface area contributed by atoms with Gasteiger partial charge in [-0.25, -0.2) is 0 Å². The minimum Gasteiger partial charge on any atom is -0.366 e. The van der Waals surface area contributed by atoms with Crippen LogP contribution in [-0.2, 0) is 4.74 Å². The maximum Gasteiger partial charge on any atom is 0.188 e. The van der Waals surface area contributed by atoms with Gasteiger partial charge in [-0.05, 0) is 30.7 Å². The average Bonchev–Trinajstić information content (AvgIpc) is 2.12. The molecule has 1 aliphatic heterocycles. The van der Waals surface area contributed by atoms with E-state index < -0.39 is 0 Å². The molecule has 2 nitrogen and oxygen atoms in total. The zero-order chi connectivity index (χ0) is 9.42. The summed E-state index contributed by atoms with van der Waals surface area (Å²) in [6.07, 6.45) is 0.0187. The Hall–Kier alpha value is -0.670. The van der Waals surface area contributed by atoms with Crippen molar-refractivity contribution in [3.8, 4) is 0 Å². The fourth-order valence-electron chi connectivity index (χ4n) is 1.49. The molecule has 0 N–H and O–H groups in total. The van der Waals surface area contributed by atoms with Gasteiger partial charge in [0.05, 0.1) is 6.10 Å². The van der Waals surface area contributed by atoms with Gasteiger partial charge in [-0.1, -0.05) is 15.9 Å². The van der Waals surface area contributed by atoms with Crippen LogP contribution in [0, 0.1) is 0 Å². The molecule has 0 aliphatic carbocycles. The number of ketones is 1. The second kappa shape index (κ2) is 3.24. The molecule has 0 aromatic heterocycles. The molecule has 0 saturated heterocycles. The highest BCUT2D eigenvalue weighted by Gasteiger charge is 2.22. The quantitative estimate of drug-likeness (QED) is 0.698. The number of rotatable bonds is 0. The van der Waals surface area contributed by atoms with Crippen molar-refractivity contribution in [1.82, 2.24) is 0 Å². The Balaban J connectivity index is 2.57. The Morgan fingerprint density at radius 3 is 3.08 bits per heavy atom. The second-order valence-corrected chi connectivity index (χ2v) is 4.02. The van der Waals surface area contributed by atoms with Crippen molar-refractivity contribution < 1.29 is 9.53 Å². The molecule has 1 aliphatic rings. The minimum atomic E-state index is 0.0187. The summed E-state index contributed by atoms with van der Waals surface area (Å²) in [5.41, 5.74) is 1.77. The lowest BCUT2D eigenvalue weighted by Gasteiger charge is -2.21. The van der Waals surface area contributed by atoms with E-state index in [2.05, 4.69) is 15.9 Å². The molecule has 1 aromatic rings. The summed E-state index contributed by atoms with van der Waals surface area (Å²) in [6, 6.07) is 5.67. The van der Waals surface area contributed by atoms with Gasteiger partial charge in [0, 0.05) is 10.0 Å². The molecule has 1 unspecified atom stereocenters. The van der Waals surface area contributed by atoms with Crippen LogP contribution in [0.2, 0.25) is 0 Å². The Bertz CT molecular complexity index is 360. The third-order valence-electron chi connectivity index (χ3n) is 2.22. The van der Waals surface area contributed by atoms with Gasteiger partial charge in [-0.3, -0.25) is 4.79 Å². The van der Waals surface area contributed by atoms with Gasteiger partial charge in [-0.2, -0.15) is 0 Å². The van der Waals surface area contributed by atoms with Gasteiger partial charge >= 0.3 is 0 Å². The molecule has 0 radical (unpaired) electrons. The molecule has 0 amide bonds. The van der Waals surface area contributed by atoms with Gasteiger partial charge in [0.2, 0.25) is 0 Å². The Labute approximate surface area is 85.0 Å². The van der Waals surface area contributed by atoms with E-state index in [1.807, 2.05) is 25.1 Å². The smallest absolute Gasteiger partial charge is 0.188 e. The molecular weight excluding hydrogens is 232 g/mol. The Kier molecular flexibility index (Phi) is 2.22. The van der Waals surface area contributed by atoms with Crippen LogP contribution in [-0.4, -0.2) is 12.4 Å². The summed E-state index contributed by atoms with van der Waals surface area (Å²) in [4.78, 5) is 11.4. The van der Waals surface area contributed by atoms with Gasteiger partial charge in [-0.15, -0.1) is 0 Å². The first-order valence-corrected chi connectivity index (χ1v) is 4.92. The van der Waals surface area contributed by atoms with E-state index in [-0.39, 0.29) is 18.5 Å². The number of fused-ring (bicyclic) bond motifs is 1. The molecule has 1 aromatic carbocycles. The molecule has 68 valence electrons. The molecule has 1 atom stereocenters. The van der Waals surface area contributed by atoms with Crippen LogP contribution in [0.1, 0.15) is 28.9 Å². The summed E-state index contributed by atoms with van der Waals surface area (Å²) in [5, 5.41) is 0. The first-order chi connectivity index (χ1) is 6.18. The minimum absolute atomic E-state index is 0.0187. The fraction of sp³-hybridized carbons (Fsp3) is 0.300. The Morgan fingerprint density at radius 2 is 2.31 bits per heavy atom. The summed E-state index contributed by atoms with van der Waals surface area (Å²) in [7, 11) is 0. The van der Waals surface area contributed by atoms with E-state index in [0.29, 0.717) is 0 Å². The first-order valence-electron chi connectivity index (χ1n) is 4.13. The fourth-order valence-corrected chi connectivity index (χ4v) is 1.87. The molecule has 2 rings (SSSR count). The number of ether oxygens (including phenoxy) is 1. The third kappa shape index (κ3) is 1.54. The van der Waals surface area contributed by atoms with E-state index in [1.54, 1.807) is 0 Å². The summed E-state index contributed by atoms with van der Waals surface area (Å²) in [5.74, 6) is 0.0700. The van der Waals surface area contributed by atoms with Crippen LogP contribution >= 0.6 is 15.9 Å². The highest BCUT2D eigenvalue weighted by Crippen LogP contribution is 2.28. The van der Waals surface area contributed by atoms with Crippen LogP contribution in [0.3, 0.4) is 0 Å². The van der Waals surface area contributed by atoms with E-state index in [1.165, 1.54) is 0 Å². The van der Waals surface area contributed by atoms with Gasteiger partial charge in [0.15, 0.2) is 5.78 Å². The number of carbonyl (C=O) groups is 1. The summed E-state index contributed by atoms with van der Waals surface area (Å²) in [6.45, 7) is 2.16. The van der Waals surface area contributed by atoms with Crippen LogP contribution in [0.5, 0.6) is 0 Å². The SMILES string of the molecule is CC1OCC(=O)c2ccc(Br)cc21. The van der Waals surface area contributed by atoms with Gasteiger partial charge in [0.1, 0.15) is 6.61 Å². The number of benzene rings is 1. The van der Waals surface area contributed by atoms with Crippen molar-refractivity contribution in [2.45, 2.75) is 13.0 Å². The predicted molar refractivity (Wildman–Crippen MR) is 52.8 cm³/mol. The number of halogens is 1. The van der Waals surface area contributed by atoms with Crippen molar-refractivity contribution in [3.05, 3.63) is 33.8 Å². The van der Waals surface area contributed by atoms with E-state index >= 15 is 0 Å². The molecule has 3 heteroatoms. The van der Waals surface area contributed by atoms with Crippen LogP contribution < -0.4 is 0 Å². The number of carbonyl (C=O) groups excluding carboxylic acids is 1. The van der Waals surface area contributed by atoms with Crippen molar-refractivity contribution >= 4 is 21.7 Å². The molecule has 13 heavy (non-hydrogen) atoms. The van der Waals surface area contributed by atoms with E-state index in [4.69, 9.17) is 4.74 Å². The van der Waals surface area contributed by atoms with Gasteiger partial charge in [0.25, 0.3) is 0 Å². The molecule has 0 spiro atoms.